The van der Waals surface area contributed by atoms with Gasteiger partial charge < -0.3 is 15.2 Å². The molecule has 2 aromatic rings. The Morgan fingerprint density at radius 2 is 1.55 bits per heavy atom. The van der Waals surface area contributed by atoms with Gasteiger partial charge in [0, 0.05) is 18.2 Å². The van der Waals surface area contributed by atoms with Gasteiger partial charge in [-0.2, -0.15) is 0 Å². The lowest BCUT2D eigenvalue weighted by atomic mass is 10.3. The smallest absolute Gasteiger partial charge is 0.141 e. The lowest BCUT2D eigenvalue weighted by Crippen LogP contribution is -2.05. The van der Waals surface area contributed by atoms with Crippen LogP contribution in [-0.4, -0.2) is 13.2 Å². The van der Waals surface area contributed by atoms with Crippen molar-refractivity contribution in [3.8, 4) is 11.5 Å². The number of rotatable bonds is 6. The zero-order chi connectivity index (χ0) is 14.4. The molecule has 0 amide bonds. The molecule has 0 aromatic heterocycles. The molecule has 0 saturated carbocycles. The van der Waals surface area contributed by atoms with Crippen molar-refractivity contribution in [1.82, 2.24) is 0 Å². The molecular weight excluding hydrogens is 325 g/mol. The number of benzene rings is 2. The summed E-state index contributed by atoms with van der Waals surface area (Å²) in [5, 5.41) is 0. The van der Waals surface area contributed by atoms with E-state index in [0.29, 0.717) is 35.5 Å². The molecule has 0 heterocycles. The van der Waals surface area contributed by atoms with E-state index in [1.807, 2.05) is 12.1 Å². The summed E-state index contributed by atoms with van der Waals surface area (Å²) in [6, 6.07) is 11.9. The summed E-state index contributed by atoms with van der Waals surface area (Å²) in [4.78, 5) is 0. The van der Waals surface area contributed by atoms with Gasteiger partial charge in [0.05, 0.1) is 17.7 Å². The SMILES string of the molecule is Nc1ccc(OCCCOc2ccc(Br)c(F)c2)cc1. The number of anilines is 1. The molecule has 0 saturated heterocycles. The summed E-state index contributed by atoms with van der Waals surface area (Å²) in [6.45, 7) is 0.999. The molecule has 0 aliphatic rings. The molecule has 2 N–H and O–H groups in total. The summed E-state index contributed by atoms with van der Waals surface area (Å²) in [6.07, 6.45) is 0.710. The van der Waals surface area contributed by atoms with Crippen molar-refractivity contribution in [2.75, 3.05) is 18.9 Å². The normalized spacial score (nSPS) is 10.3. The molecule has 0 aliphatic heterocycles. The van der Waals surface area contributed by atoms with Crippen LogP contribution < -0.4 is 15.2 Å². The summed E-state index contributed by atoms with van der Waals surface area (Å²) >= 11 is 3.09. The predicted molar refractivity (Wildman–Crippen MR) is 80.6 cm³/mol. The van der Waals surface area contributed by atoms with E-state index in [1.54, 1.807) is 24.3 Å². The van der Waals surface area contributed by atoms with Gasteiger partial charge in [0.15, 0.2) is 0 Å². The molecular formula is C15H15BrFNO2. The zero-order valence-electron chi connectivity index (χ0n) is 10.8. The average Bonchev–Trinajstić information content (AvgIpc) is 2.44. The van der Waals surface area contributed by atoms with Gasteiger partial charge in [0.2, 0.25) is 0 Å². The quantitative estimate of drug-likeness (QED) is 0.638. The van der Waals surface area contributed by atoms with Crippen LogP contribution >= 0.6 is 15.9 Å². The highest BCUT2D eigenvalue weighted by Gasteiger charge is 2.01. The lowest BCUT2D eigenvalue weighted by Gasteiger charge is -2.08. The summed E-state index contributed by atoms with van der Waals surface area (Å²) in [5.74, 6) is 0.952. The Kier molecular flexibility index (Phi) is 5.24. The zero-order valence-corrected chi connectivity index (χ0v) is 12.4. The van der Waals surface area contributed by atoms with Crippen LogP contribution in [-0.2, 0) is 0 Å². The molecule has 0 fully saturated rings. The highest BCUT2D eigenvalue weighted by molar-refractivity contribution is 9.10. The van der Waals surface area contributed by atoms with Gasteiger partial charge >= 0.3 is 0 Å². The second-order valence-electron chi connectivity index (χ2n) is 4.20. The third kappa shape index (κ3) is 4.42. The van der Waals surface area contributed by atoms with Crippen molar-refractivity contribution in [1.29, 1.82) is 0 Å². The van der Waals surface area contributed by atoms with Crippen LogP contribution in [0.1, 0.15) is 6.42 Å². The molecule has 20 heavy (non-hydrogen) atoms. The number of halogens is 2. The summed E-state index contributed by atoms with van der Waals surface area (Å²) < 4.78 is 24.6. The first-order valence-electron chi connectivity index (χ1n) is 6.21. The van der Waals surface area contributed by atoms with E-state index in [0.717, 1.165) is 5.75 Å². The van der Waals surface area contributed by atoms with E-state index in [4.69, 9.17) is 15.2 Å². The molecule has 0 atom stereocenters. The molecule has 5 heteroatoms. The second kappa shape index (κ2) is 7.14. The van der Waals surface area contributed by atoms with Crippen LogP contribution in [0.5, 0.6) is 11.5 Å². The Balaban J connectivity index is 1.68. The van der Waals surface area contributed by atoms with Crippen LogP contribution in [0.25, 0.3) is 0 Å². The van der Waals surface area contributed by atoms with Crippen LogP contribution in [0.3, 0.4) is 0 Å². The van der Waals surface area contributed by atoms with Gasteiger partial charge in [-0.15, -0.1) is 0 Å². The molecule has 2 rings (SSSR count). The van der Waals surface area contributed by atoms with Crippen molar-refractivity contribution in [2.24, 2.45) is 0 Å². The maximum atomic E-state index is 13.2. The fourth-order valence-corrected chi connectivity index (χ4v) is 1.82. The number of nitrogen functional groups attached to an aromatic ring is 1. The van der Waals surface area contributed by atoms with E-state index in [2.05, 4.69) is 15.9 Å². The van der Waals surface area contributed by atoms with Crippen LogP contribution in [0.2, 0.25) is 0 Å². The van der Waals surface area contributed by atoms with Crippen molar-refractivity contribution in [3.05, 3.63) is 52.8 Å². The van der Waals surface area contributed by atoms with E-state index >= 15 is 0 Å². The van der Waals surface area contributed by atoms with Crippen molar-refractivity contribution in [3.63, 3.8) is 0 Å². The molecule has 0 spiro atoms. The predicted octanol–water partition coefficient (Wildman–Crippen LogP) is 4.02. The van der Waals surface area contributed by atoms with Gasteiger partial charge in [-0.1, -0.05) is 0 Å². The van der Waals surface area contributed by atoms with Gasteiger partial charge in [0.1, 0.15) is 17.3 Å². The van der Waals surface area contributed by atoms with E-state index in [-0.39, 0.29) is 5.82 Å². The van der Waals surface area contributed by atoms with Crippen LogP contribution in [0, 0.1) is 5.82 Å². The third-order valence-electron chi connectivity index (χ3n) is 2.60. The highest BCUT2D eigenvalue weighted by atomic mass is 79.9. The lowest BCUT2D eigenvalue weighted by molar-refractivity contribution is 0.247. The Hall–Kier alpha value is -1.75. The largest absolute Gasteiger partial charge is 0.493 e. The molecule has 0 radical (unpaired) electrons. The standard InChI is InChI=1S/C15H15BrFNO2/c16-14-7-6-13(10-15(14)17)20-9-1-8-19-12-4-2-11(18)3-5-12/h2-7,10H,1,8-9,18H2. The Bertz CT molecular complexity index is 560. The summed E-state index contributed by atoms with van der Waals surface area (Å²) in [7, 11) is 0. The van der Waals surface area contributed by atoms with Gasteiger partial charge in [-0.3, -0.25) is 0 Å². The molecule has 0 bridgehead atoms. The second-order valence-corrected chi connectivity index (χ2v) is 5.05. The Morgan fingerprint density at radius 1 is 0.950 bits per heavy atom. The van der Waals surface area contributed by atoms with Crippen molar-refractivity contribution < 1.29 is 13.9 Å². The Labute approximate surface area is 125 Å². The average molecular weight is 340 g/mol. The van der Waals surface area contributed by atoms with Gasteiger partial charge in [-0.05, 0) is 52.3 Å². The number of hydrogen-bond donors (Lipinski definition) is 1. The third-order valence-corrected chi connectivity index (χ3v) is 3.24. The number of nitrogens with two attached hydrogens (primary N) is 1. The van der Waals surface area contributed by atoms with E-state index in [1.165, 1.54) is 6.07 Å². The maximum absolute atomic E-state index is 13.2. The molecule has 2 aromatic carbocycles. The number of ether oxygens (including phenoxy) is 2. The molecule has 0 aliphatic carbocycles. The fourth-order valence-electron chi connectivity index (χ4n) is 1.57. The first-order valence-corrected chi connectivity index (χ1v) is 7.00. The monoisotopic (exact) mass is 339 g/mol. The minimum atomic E-state index is -0.333. The minimum Gasteiger partial charge on any atom is -0.493 e. The van der Waals surface area contributed by atoms with E-state index < -0.39 is 0 Å². The van der Waals surface area contributed by atoms with E-state index in [9.17, 15) is 4.39 Å². The van der Waals surface area contributed by atoms with Crippen LogP contribution in [0.4, 0.5) is 10.1 Å². The topological polar surface area (TPSA) is 44.5 Å². The van der Waals surface area contributed by atoms with Gasteiger partial charge in [-0.25, -0.2) is 4.39 Å². The first-order chi connectivity index (χ1) is 9.65. The van der Waals surface area contributed by atoms with Crippen molar-refractivity contribution in [2.45, 2.75) is 6.42 Å². The molecule has 106 valence electrons. The Morgan fingerprint density at radius 3 is 2.20 bits per heavy atom. The highest BCUT2D eigenvalue weighted by Crippen LogP contribution is 2.21. The van der Waals surface area contributed by atoms with Gasteiger partial charge in [0.25, 0.3) is 0 Å². The molecule has 0 unspecified atom stereocenters. The fraction of sp³-hybridized carbons (Fsp3) is 0.200. The molecule has 3 nitrogen and oxygen atoms in total. The summed E-state index contributed by atoms with van der Waals surface area (Å²) in [5.41, 5.74) is 6.29. The van der Waals surface area contributed by atoms with Crippen LogP contribution in [0.15, 0.2) is 46.9 Å². The first kappa shape index (κ1) is 14.7. The maximum Gasteiger partial charge on any atom is 0.141 e. The minimum absolute atomic E-state index is 0.333. The number of hydrogen-bond acceptors (Lipinski definition) is 3. The van der Waals surface area contributed by atoms with Crippen molar-refractivity contribution >= 4 is 21.6 Å².